The molecule has 1 aromatic heterocycles. The number of benzene rings is 1. The molecule has 0 aliphatic rings. The molecule has 2 N–H and O–H groups in total. The van der Waals surface area contributed by atoms with Crippen molar-refractivity contribution in [2.45, 2.75) is 12.7 Å². The second kappa shape index (κ2) is 3.27. The van der Waals surface area contributed by atoms with Crippen molar-refractivity contribution in [1.82, 2.24) is 4.98 Å². The van der Waals surface area contributed by atoms with Gasteiger partial charge < -0.3 is 10.7 Å². The number of nitrogens with one attached hydrogen (secondary N) is 2. The van der Waals surface area contributed by atoms with Crippen LogP contribution in [0.2, 0.25) is 0 Å². The summed E-state index contributed by atoms with van der Waals surface area (Å²) in [5, 5.41) is 0.493. The number of aromatic amines is 1. The molecule has 80 valence electrons. The second-order valence-corrected chi connectivity index (χ2v) is 3.28. The van der Waals surface area contributed by atoms with Crippen LogP contribution >= 0.6 is 0 Å². The van der Waals surface area contributed by atoms with Crippen molar-refractivity contribution in [3.8, 4) is 0 Å². The standard InChI is InChI=1S/C10H8F3N2/c11-10(12,13)9-4-7-3-6(5-14)1-2-8(7)15-9/h1-4,14-15H,5H2/q-1. The van der Waals surface area contributed by atoms with Gasteiger partial charge in [0, 0.05) is 10.9 Å². The number of halogens is 3. The van der Waals surface area contributed by atoms with Crippen molar-refractivity contribution in [1.29, 1.82) is 0 Å². The first-order chi connectivity index (χ1) is 7.00. The first-order valence-electron chi connectivity index (χ1n) is 4.34. The van der Waals surface area contributed by atoms with E-state index in [1.165, 1.54) is 0 Å². The van der Waals surface area contributed by atoms with Gasteiger partial charge in [-0.2, -0.15) is 13.2 Å². The topological polar surface area (TPSA) is 39.6 Å². The maximum absolute atomic E-state index is 12.3. The average molecular weight is 213 g/mol. The molecule has 0 unspecified atom stereocenters. The quantitative estimate of drug-likeness (QED) is 0.749. The lowest BCUT2D eigenvalue weighted by molar-refractivity contribution is -0.140. The van der Waals surface area contributed by atoms with E-state index in [9.17, 15) is 13.2 Å². The minimum Gasteiger partial charge on any atom is -0.674 e. The Kier molecular flexibility index (Phi) is 2.19. The highest BCUT2D eigenvalue weighted by atomic mass is 19.4. The van der Waals surface area contributed by atoms with Gasteiger partial charge in [-0.25, -0.2) is 0 Å². The summed E-state index contributed by atoms with van der Waals surface area (Å²) >= 11 is 0. The Morgan fingerprint density at radius 3 is 2.53 bits per heavy atom. The van der Waals surface area contributed by atoms with E-state index in [4.69, 9.17) is 5.73 Å². The van der Waals surface area contributed by atoms with Crippen molar-refractivity contribution in [3.05, 3.63) is 41.3 Å². The van der Waals surface area contributed by atoms with Crippen molar-refractivity contribution >= 4 is 10.9 Å². The van der Waals surface area contributed by atoms with Gasteiger partial charge in [-0.1, -0.05) is 17.7 Å². The highest BCUT2D eigenvalue weighted by Crippen LogP contribution is 2.31. The summed E-state index contributed by atoms with van der Waals surface area (Å²) < 4.78 is 37.0. The SMILES string of the molecule is [NH-]Cc1ccc2[nH]c(C(F)(F)F)cc2c1. The molecule has 2 aromatic rings. The molecule has 0 atom stereocenters. The Labute approximate surface area is 83.9 Å². The van der Waals surface area contributed by atoms with Gasteiger partial charge in [-0.05, 0) is 12.1 Å². The normalized spacial score (nSPS) is 12.3. The molecule has 2 nitrogen and oxygen atoms in total. The molecule has 0 spiro atoms. The number of hydrogen-bond donors (Lipinski definition) is 1. The van der Waals surface area contributed by atoms with E-state index in [1.54, 1.807) is 18.2 Å². The lowest BCUT2D eigenvalue weighted by atomic mass is 10.1. The first kappa shape index (κ1) is 10.0. The third-order valence-electron chi connectivity index (χ3n) is 2.19. The first-order valence-corrected chi connectivity index (χ1v) is 4.34. The molecular weight excluding hydrogens is 205 g/mol. The van der Waals surface area contributed by atoms with Crippen molar-refractivity contribution in [2.24, 2.45) is 0 Å². The number of H-pyrrole nitrogens is 1. The smallest absolute Gasteiger partial charge is 0.431 e. The Balaban J connectivity index is 2.56. The van der Waals surface area contributed by atoms with Crippen LogP contribution in [-0.2, 0) is 12.7 Å². The van der Waals surface area contributed by atoms with Gasteiger partial charge in [-0.3, -0.25) is 0 Å². The minimum absolute atomic E-state index is 0.0719. The summed E-state index contributed by atoms with van der Waals surface area (Å²) in [4.78, 5) is 2.30. The lowest BCUT2D eigenvalue weighted by Crippen LogP contribution is -2.04. The number of fused-ring (bicyclic) bond motifs is 1. The molecule has 15 heavy (non-hydrogen) atoms. The Bertz CT molecular complexity index is 485. The molecule has 0 saturated carbocycles. The zero-order chi connectivity index (χ0) is 11.1. The van der Waals surface area contributed by atoms with Crippen LogP contribution in [0.1, 0.15) is 11.3 Å². The van der Waals surface area contributed by atoms with Gasteiger partial charge in [0.1, 0.15) is 5.69 Å². The van der Waals surface area contributed by atoms with Crippen molar-refractivity contribution in [3.63, 3.8) is 0 Å². The predicted molar refractivity (Wildman–Crippen MR) is 51.3 cm³/mol. The summed E-state index contributed by atoms with van der Waals surface area (Å²) in [5.41, 5.74) is 7.51. The molecule has 0 fully saturated rings. The van der Waals surface area contributed by atoms with Gasteiger partial charge in [0.2, 0.25) is 0 Å². The van der Waals surface area contributed by atoms with Crippen LogP contribution in [0.3, 0.4) is 0 Å². The molecule has 0 aliphatic heterocycles. The Hall–Kier alpha value is -1.49. The third kappa shape index (κ3) is 1.83. The van der Waals surface area contributed by atoms with Gasteiger partial charge in [0.05, 0.1) is 0 Å². The molecule has 1 aromatic carbocycles. The molecular formula is C10H8F3N2-. The van der Waals surface area contributed by atoms with E-state index >= 15 is 0 Å². The molecule has 2 rings (SSSR count). The summed E-state index contributed by atoms with van der Waals surface area (Å²) in [7, 11) is 0. The lowest BCUT2D eigenvalue weighted by Gasteiger charge is -2.01. The van der Waals surface area contributed by atoms with E-state index in [0.29, 0.717) is 16.5 Å². The maximum atomic E-state index is 12.3. The fourth-order valence-electron chi connectivity index (χ4n) is 1.44. The third-order valence-corrected chi connectivity index (χ3v) is 2.19. The van der Waals surface area contributed by atoms with Crippen LogP contribution in [0.15, 0.2) is 24.3 Å². The predicted octanol–water partition coefficient (Wildman–Crippen LogP) is 3.74. The molecule has 0 saturated heterocycles. The summed E-state index contributed by atoms with van der Waals surface area (Å²) in [5.74, 6) is 0. The van der Waals surface area contributed by atoms with E-state index in [1.807, 2.05) is 0 Å². The van der Waals surface area contributed by atoms with Gasteiger partial charge >= 0.3 is 6.18 Å². The number of hydrogen-bond acceptors (Lipinski definition) is 0. The molecule has 5 heteroatoms. The zero-order valence-corrected chi connectivity index (χ0v) is 7.65. The van der Waals surface area contributed by atoms with Gasteiger partial charge in [-0.15, -0.1) is 6.54 Å². The van der Waals surface area contributed by atoms with E-state index in [-0.39, 0.29) is 6.54 Å². The summed E-state index contributed by atoms with van der Waals surface area (Å²) in [6.45, 7) is 0.0719. The summed E-state index contributed by atoms with van der Waals surface area (Å²) in [6, 6.07) is 5.86. The van der Waals surface area contributed by atoms with Gasteiger partial charge in [0.15, 0.2) is 0 Å². The van der Waals surface area contributed by atoms with Gasteiger partial charge in [0.25, 0.3) is 0 Å². The Morgan fingerprint density at radius 2 is 1.93 bits per heavy atom. The number of aromatic nitrogens is 1. The molecule has 0 aliphatic carbocycles. The molecule has 1 heterocycles. The highest BCUT2D eigenvalue weighted by molar-refractivity contribution is 5.81. The average Bonchev–Trinajstić information content (AvgIpc) is 2.59. The fraction of sp³-hybridized carbons (Fsp3) is 0.200. The molecule has 0 bridgehead atoms. The largest absolute Gasteiger partial charge is 0.674 e. The van der Waals surface area contributed by atoms with Crippen molar-refractivity contribution < 1.29 is 13.2 Å². The van der Waals surface area contributed by atoms with E-state index < -0.39 is 11.9 Å². The minimum atomic E-state index is -4.35. The highest BCUT2D eigenvalue weighted by Gasteiger charge is 2.32. The maximum Gasteiger partial charge on any atom is 0.431 e. The van der Waals surface area contributed by atoms with Crippen LogP contribution in [0.4, 0.5) is 13.2 Å². The van der Waals surface area contributed by atoms with Crippen LogP contribution in [-0.4, -0.2) is 4.98 Å². The number of alkyl halides is 3. The van der Waals surface area contributed by atoms with Crippen LogP contribution in [0.25, 0.3) is 16.6 Å². The van der Waals surface area contributed by atoms with Crippen LogP contribution in [0, 0.1) is 0 Å². The Morgan fingerprint density at radius 1 is 1.20 bits per heavy atom. The number of rotatable bonds is 1. The summed E-state index contributed by atoms with van der Waals surface area (Å²) in [6.07, 6.45) is -4.35. The van der Waals surface area contributed by atoms with Crippen LogP contribution < -0.4 is 0 Å². The van der Waals surface area contributed by atoms with Crippen molar-refractivity contribution in [2.75, 3.05) is 0 Å². The van der Waals surface area contributed by atoms with E-state index in [0.717, 1.165) is 6.07 Å². The fourth-order valence-corrected chi connectivity index (χ4v) is 1.44. The van der Waals surface area contributed by atoms with Crippen LogP contribution in [0.5, 0.6) is 0 Å². The molecule has 0 amide bonds. The molecule has 0 radical (unpaired) electrons. The zero-order valence-electron chi connectivity index (χ0n) is 7.65. The monoisotopic (exact) mass is 213 g/mol. The van der Waals surface area contributed by atoms with E-state index in [2.05, 4.69) is 4.98 Å². The second-order valence-electron chi connectivity index (χ2n) is 3.28.